The lowest BCUT2D eigenvalue weighted by atomic mass is 10.2. The highest BCUT2D eigenvalue weighted by molar-refractivity contribution is 8.27. The maximum absolute atomic E-state index is 13.1. The van der Waals surface area contributed by atoms with Gasteiger partial charge in [-0.1, -0.05) is 54.3 Å². The number of benzene rings is 2. The lowest BCUT2D eigenvalue weighted by Crippen LogP contribution is -2.27. The molecule has 4 rings (SSSR count). The Balaban J connectivity index is 1.61. The highest BCUT2D eigenvalue weighted by Crippen LogP contribution is 2.36. The van der Waals surface area contributed by atoms with Gasteiger partial charge in [0.05, 0.1) is 16.3 Å². The van der Waals surface area contributed by atoms with E-state index in [1.165, 1.54) is 40.1 Å². The predicted octanol–water partition coefficient (Wildman–Crippen LogP) is 5.36. The van der Waals surface area contributed by atoms with E-state index in [-0.39, 0.29) is 11.7 Å². The average molecular weight is 399 g/mol. The maximum Gasteiger partial charge on any atom is 0.270 e. The average Bonchev–Trinajstić information content (AvgIpc) is 3.22. The van der Waals surface area contributed by atoms with Crippen LogP contribution in [0.25, 0.3) is 16.6 Å². The maximum atomic E-state index is 13.1. The van der Waals surface area contributed by atoms with E-state index in [1.54, 1.807) is 18.2 Å². The molecule has 3 nitrogen and oxygen atoms in total. The Labute approximate surface area is 163 Å². The number of amides is 1. The Morgan fingerprint density at radius 1 is 1.08 bits per heavy atom. The molecule has 0 radical (unpaired) electrons. The predicted molar refractivity (Wildman–Crippen MR) is 110 cm³/mol. The van der Waals surface area contributed by atoms with E-state index < -0.39 is 0 Å². The van der Waals surface area contributed by atoms with Crippen molar-refractivity contribution in [2.45, 2.75) is 0 Å². The van der Waals surface area contributed by atoms with Gasteiger partial charge in [-0.15, -0.1) is 11.3 Å². The number of halogens is 1. The Kier molecular flexibility index (Phi) is 4.67. The minimum Gasteiger partial charge on any atom is -0.268 e. The van der Waals surface area contributed by atoms with Crippen LogP contribution >= 0.6 is 35.3 Å². The molecule has 3 aromatic rings. The number of aromatic nitrogens is 1. The molecule has 0 atom stereocenters. The van der Waals surface area contributed by atoms with E-state index in [0.29, 0.717) is 20.6 Å². The second-order valence-electron chi connectivity index (χ2n) is 5.44. The van der Waals surface area contributed by atoms with Gasteiger partial charge in [-0.05, 0) is 30.3 Å². The molecule has 0 bridgehead atoms. The Morgan fingerprint density at radius 3 is 2.54 bits per heavy atom. The van der Waals surface area contributed by atoms with E-state index in [0.717, 1.165) is 10.6 Å². The van der Waals surface area contributed by atoms with Crippen molar-refractivity contribution >= 4 is 57.3 Å². The van der Waals surface area contributed by atoms with E-state index in [4.69, 9.17) is 12.2 Å². The summed E-state index contributed by atoms with van der Waals surface area (Å²) < 4.78 is 13.5. The summed E-state index contributed by atoms with van der Waals surface area (Å²) in [6, 6.07) is 15.6. The first kappa shape index (κ1) is 17.1. The van der Waals surface area contributed by atoms with Gasteiger partial charge < -0.3 is 0 Å². The fraction of sp³-hybridized carbons (Fsp3) is 0. The molecule has 128 valence electrons. The van der Waals surface area contributed by atoms with Gasteiger partial charge in [0.15, 0.2) is 4.32 Å². The van der Waals surface area contributed by atoms with Crippen molar-refractivity contribution in [3.63, 3.8) is 0 Å². The second-order valence-corrected chi connectivity index (χ2v) is 7.97. The molecular weight excluding hydrogens is 387 g/mol. The fourth-order valence-electron chi connectivity index (χ4n) is 2.48. The summed E-state index contributed by atoms with van der Waals surface area (Å²) >= 11 is 8.07. The minimum atomic E-state index is -0.356. The van der Waals surface area contributed by atoms with Crippen molar-refractivity contribution in [1.29, 1.82) is 0 Å². The number of thiazole rings is 1. The van der Waals surface area contributed by atoms with Crippen LogP contribution in [0.2, 0.25) is 0 Å². The van der Waals surface area contributed by atoms with Gasteiger partial charge in [-0.25, -0.2) is 9.37 Å². The molecule has 0 saturated carbocycles. The number of nitrogens with zero attached hydrogens (tertiary/aromatic N) is 2. The van der Waals surface area contributed by atoms with Crippen LogP contribution in [0, 0.1) is 5.82 Å². The number of hydrogen-bond acceptors (Lipinski definition) is 5. The number of rotatable bonds is 3. The van der Waals surface area contributed by atoms with E-state index in [2.05, 4.69) is 4.98 Å². The van der Waals surface area contributed by atoms with Crippen LogP contribution in [-0.4, -0.2) is 15.2 Å². The van der Waals surface area contributed by atoms with E-state index in [1.807, 2.05) is 35.7 Å². The second kappa shape index (κ2) is 7.11. The number of thioether (sulfide) groups is 1. The third-order valence-electron chi connectivity index (χ3n) is 3.70. The Bertz CT molecular complexity index is 1010. The first-order chi connectivity index (χ1) is 12.6. The summed E-state index contributed by atoms with van der Waals surface area (Å²) in [5.41, 5.74) is 2.31. The summed E-state index contributed by atoms with van der Waals surface area (Å²) in [6.07, 6.45) is 1.74. The molecule has 7 heteroatoms. The summed E-state index contributed by atoms with van der Waals surface area (Å²) in [5, 5.41) is 2.80. The molecule has 0 aliphatic carbocycles. The summed E-state index contributed by atoms with van der Waals surface area (Å²) in [7, 11) is 0. The quantitative estimate of drug-likeness (QED) is 0.440. The van der Waals surface area contributed by atoms with Crippen LogP contribution in [0.1, 0.15) is 5.69 Å². The van der Waals surface area contributed by atoms with Gasteiger partial charge >= 0.3 is 0 Å². The van der Waals surface area contributed by atoms with E-state index in [9.17, 15) is 9.18 Å². The van der Waals surface area contributed by atoms with Crippen molar-refractivity contribution in [3.8, 4) is 10.6 Å². The molecular formula is C19H11FN2OS3. The van der Waals surface area contributed by atoms with Crippen molar-refractivity contribution in [3.05, 3.63) is 76.4 Å². The van der Waals surface area contributed by atoms with E-state index >= 15 is 0 Å². The lowest BCUT2D eigenvalue weighted by molar-refractivity contribution is -0.113. The number of anilines is 1. The number of carbonyl (C=O) groups excluding carboxylic acids is 1. The molecule has 1 fully saturated rings. The van der Waals surface area contributed by atoms with Crippen LogP contribution in [0.3, 0.4) is 0 Å². The molecule has 1 amide bonds. The molecule has 0 N–H and O–H groups in total. The third kappa shape index (κ3) is 3.33. The van der Waals surface area contributed by atoms with Crippen LogP contribution in [-0.2, 0) is 4.79 Å². The lowest BCUT2D eigenvalue weighted by Gasteiger charge is -2.14. The fourth-order valence-corrected chi connectivity index (χ4v) is 4.55. The zero-order chi connectivity index (χ0) is 18.1. The molecule has 0 unspecified atom stereocenters. The molecule has 0 spiro atoms. The summed E-state index contributed by atoms with van der Waals surface area (Å²) in [6.45, 7) is 0. The Morgan fingerprint density at radius 2 is 1.81 bits per heavy atom. The van der Waals surface area contributed by atoms with Crippen LogP contribution < -0.4 is 4.90 Å². The van der Waals surface area contributed by atoms with Gasteiger partial charge in [0.2, 0.25) is 0 Å². The van der Waals surface area contributed by atoms with Crippen LogP contribution in [0.5, 0.6) is 0 Å². The highest BCUT2D eigenvalue weighted by atomic mass is 32.2. The first-order valence-corrected chi connectivity index (χ1v) is 9.77. The largest absolute Gasteiger partial charge is 0.270 e. The zero-order valence-electron chi connectivity index (χ0n) is 13.3. The van der Waals surface area contributed by atoms with Gasteiger partial charge in [-0.3, -0.25) is 9.69 Å². The molecule has 1 aromatic heterocycles. The van der Waals surface area contributed by atoms with Gasteiger partial charge in [0.25, 0.3) is 5.91 Å². The van der Waals surface area contributed by atoms with Crippen molar-refractivity contribution in [1.82, 2.24) is 4.98 Å². The number of hydrogen-bond donors (Lipinski definition) is 0. The standard InChI is InChI=1S/C19H11FN2OS3/c20-13-6-8-15(9-7-13)22-18(23)16(26-19(22)24)10-14-11-25-17(21-14)12-4-2-1-3-5-12/h1-11H/b16-10+. The molecule has 1 saturated heterocycles. The molecule has 2 aromatic carbocycles. The van der Waals surface area contributed by atoms with Gasteiger partial charge in [-0.2, -0.15) is 0 Å². The topological polar surface area (TPSA) is 33.2 Å². The Hall–Kier alpha value is -2.35. The smallest absolute Gasteiger partial charge is 0.268 e. The molecule has 1 aliphatic rings. The SMILES string of the molecule is O=C1/C(=C\c2csc(-c3ccccc3)n2)SC(=S)N1c1ccc(F)cc1. The van der Waals surface area contributed by atoms with Gasteiger partial charge in [0, 0.05) is 10.9 Å². The molecule has 1 aliphatic heterocycles. The molecule has 26 heavy (non-hydrogen) atoms. The third-order valence-corrected chi connectivity index (χ3v) is 5.91. The summed E-state index contributed by atoms with van der Waals surface area (Å²) in [4.78, 5) is 19.2. The first-order valence-electron chi connectivity index (χ1n) is 7.66. The number of thiocarbonyl (C=S) groups is 1. The van der Waals surface area contributed by atoms with Crippen molar-refractivity contribution in [2.24, 2.45) is 0 Å². The van der Waals surface area contributed by atoms with Crippen LogP contribution in [0.15, 0.2) is 64.9 Å². The monoisotopic (exact) mass is 398 g/mol. The zero-order valence-corrected chi connectivity index (χ0v) is 15.7. The number of carbonyl (C=O) groups is 1. The van der Waals surface area contributed by atoms with Gasteiger partial charge in [0.1, 0.15) is 10.8 Å². The summed E-state index contributed by atoms with van der Waals surface area (Å²) in [5.74, 6) is -0.577. The highest BCUT2D eigenvalue weighted by Gasteiger charge is 2.33. The normalized spacial score (nSPS) is 15.9. The minimum absolute atomic E-state index is 0.221. The molecule has 2 heterocycles. The van der Waals surface area contributed by atoms with Crippen molar-refractivity contribution < 1.29 is 9.18 Å². The van der Waals surface area contributed by atoms with Crippen LogP contribution in [0.4, 0.5) is 10.1 Å². The van der Waals surface area contributed by atoms with Crippen molar-refractivity contribution in [2.75, 3.05) is 4.90 Å².